The van der Waals surface area contributed by atoms with Crippen LogP contribution < -0.4 is 0 Å². The first kappa shape index (κ1) is 13.5. The van der Waals surface area contributed by atoms with Crippen molar-refractivity contribution in [3.05, 3.63) is 45.2 Å². The molecule has 102 valence electrons. The normalized spacial score (nSPS) is 11.2. The summed E-state index contributed by atoms with van der Waals surface area (Å²) in [7, 11) is 0. The van der Waals surface area contributed by atoms with E-state index in [2.05, 4.69) is 9.97 Å². The van der Waals surface area contributed by atoms with E-state index < -0.39 is 0 Å². The molecule has 3 rings (SSSR count). The number of aryl methyl sites for hydroxylation is 3. The third-order valence-corrected chi connectivity index (χ3v) is 4.80. The molecule has 0 aliphatic heterocycles. The summed E-state index contributed by atoms with van der Waals surface area (Å²) < 4.78 is 13.4. The molecule has 0 saturated heterocycles. The maximum atomic E-state index is 13.4. The fourth-order valence-electron chi connectivity index (χ4n) is 2.16. The number of thiophene rings is 1. The lowest BCUT2D eigenvalue weighted by Crippen LogP contribution is -1.93. The highest BCUT2D eigenvalue weighted by Gasteiger charge is 2.15. The zero-order valence-electron chi connectivity index (χ0n) is 11.3. The third kappa shape index (κ3) is 2.09. The van der Waals surface area contributed by atoms with Crippen molar-refractivity contribution in [2.24, 2.45) is 0 Å². The minimum Gasteiger partial charge on any atom is -0.217 e. The standard InChI is InChI=1S/C15H12ClFN2S/c1-7-4-5-10(17)6-11(7)14-18-13(16)12-8(2)9(3)20-15(12)19-14/h4-6H,1-3H3. The Morgan fingerprint density at radius 3 is 2.65 bits per heavy atom. The summed E-state index contributed by atoms with van der Waals surface area (Å²) >= 11 is 7.87. The first-order valence-electron chi connectivity index (χ1n) is 6.17. The summed E-state index contributed by atoms with van der Waals surface area (Å²) in [4.78, 5) is 10.9. The van der Waals surface area contributed by atoms with E-state index in [1.165, 1.54) is 17.0 Å². The molecule has 0 N–H and O–H groups in total. The van der Waals surface area contributed by atoms with Gasteiger partial charge in [0.2, 0.25) is 0 Å². The number of nitrogens with zero attached hydrogens (tertiary/aromatic N) is 2. The molecule has 0 aliphatic carbocycles. The molecule has 0 aliphatic rings. The van der Waals surface area contributed by atoms with Crippen molar-refractivity contribution in [1.29, 1.82) is 0 Å². The Hall–Kier alpha value is -1.52. The van der Waals surface area contributed by atoms with Crippen molar-refractivity contribution in [3.8, 4) is 11.4 Å². The highest BCUT2D eigenvalue weighted by atomic mass is 35.5. The summed E-state index contributed by atoms with van der Waals surface area (Å²) in [6, 6.07) is 4.59. The Bertz CT molecular complexity index is 826. The molecule has 0 bridgehead atoms. The van der Waals surface area contributed by atoms with E-state index in [1.54, 1.807) is 17.4 Å². The molecule has 0 unspecified atom stereocenters. The number of benzene rings is 1. The van der Waals surface area contributed by atoms with Gasteiger partial charge >= 0.3 is 0 Å². The maximum Gasteiger partial charge on any atom is 0.162 e. The van der Waals surface area contributed by atoms with Crippen LogP contribution >= 0.6 is 22.9 Å². The molecule has 0 saturated carbocycles. The van der Waals surface area contributed by atoms with Crippen molar-refractivity contribution in [3.63, 3.8) is 0 Å². The van der Waals surface area contributed by atoms with Crippen LogP contribution in [0.3, 0.4) is 0 Å². The van der Waals surface area contributed by atoms with Gasteiger partial charge in [-0.3, -0.25) is 0 Å². The van der Waals surface area contributed by atoms with Gasteiger partial charge in [-0.25, -0.2) is 14.4 Å². The molecule has 0 fully saturated rings. The molecule has 20 heavy (non-hydrogen) atoms. The van der Waals surface area contributed by atoms with Crippen LogP contribution in [0.1, 0.15) is 16.0 Å². The second kappa shape index (κ2) is 4.79. The van der Waals surface area contributed by atoms with Crippen LogP contribution in [-0.4, -0.2) is 9.97 Å². The van der Waals surface area contributed by atoms with Gasteiger partial charge in [-0.1, -0.05) is 17.7 Å². The van der Waals surface area contributed by atoms with Crippen LogP contribution in [-0.2, 0) is 0 Å². The SMILES string of the molecule is Cc1ccc(F)cc1-c1nc(Cl)c2c(C)c(C)sc2n1. The Balaban J connectivity index is 2.30. The van der Waals surface area contributed by atoms with Crippen LogP contribution in [0.25, 0.3) is 21.6 Å². The van der Waals surface area contributed by atoms with Gasteiger partial charge in [0.1, 0.15) is 15.8 Å². The van der Waals surface area contributed by atoms with Crippen molar-refractivity contribution in [2.45, 2.75) is 20.8 Å². The van der Waals surface area contributed by atoms with Gasteiger partial charge in [0, 0.05) is 10.4 Å². The van der Waals surface area contributed by atoms with Gasteiger partial charge in [-0.15, -0.1) is 11.3 Å². The Morgan fingerprint density at radius 2 is 1.90 bits per heavy atom. The van der Waals surface area contributed by atoms with Crippen LogP contribution in [0.2, 0.25) is 5.15 Å². The van der Waals surface area contributed by atoms with E-state index in [0.717, 1.165) is 21.3 Å². The summed E-state index contributed by atoms with van der Waals surface area (Å²) in [5.41, 5.74) is 2.71. The van der Waals surface area contributed by atoms with Crippen molar-refractivity contribution in [2.75, 3.05) is 0 Å². The predicted molar refractivity (Wildman–Crippen MR) is 82.0 cm³/mol. The topological polar surface area (TPSA) is 25.8 Å². The van der Waals surface area contributed by atoms with Gasteiger partial charge in [-0.05, 0) is 44.0 Å². The second-order valence-electron chi connectivity index (χ2n) is 4.76. The monoisotopic (exact) mass is 306 g/mol. The molecule has 2 heterocycles. The smallest absolute Gasteiger partial charge is 0.162 e. The Labute approximate surface area is 125 Å². The summed E-state index contributed by atoms with van der Waals surface area (Å²) in [5, 5.41) is 1.32. The van der Waals surface area contributed by atoms with E-state index in [9.17, 15) is 4.39 Å². The number of hydrogen-bond acceptors (Lipinski definition) is 3. The molecule has 0 spiro atoms. The fraction of sp³-hybridized carbons (Fsp3) is 0.200. The minimum atomic E-state index is -0.302. The van der Waals surface area contributed by atoms with Crippen molar-refractivity contribution < 1.29 is 4.39 Å². The number of halogens is 2. The Kier molecular flexibility index (Phi) is 3.22. The lowest BCUT2D eigenvalue weighted by Gasteiger charge is -2.06. The van der Waals surface area contributed by atoms with E-state index in [1.807, 2.05) is 20.8 Å². The molecule has 0 atom stereocenters. The Morgan fingerprint density at radius 1 is 1.15 bits per heavy atom. The second-order valence-corrected chi connectivity index (χ2v) is 6.32. The van der Waals surface area contributed by atoms with Crippen LogP contribution in [0.15, 0.2) is 18.2 Å². The van der Waals surface area contributed by atoms with Crippen molar-refractivity contribution >= 4 is 33.2 Å². The number of fused-ring (bicyclic) bond motifs is 1. The zero-order chi connectivity index (χ0) is 14.4. The number of rotatable bonds is 1. The van der Waals surface area contributed by atoms with Gasteiger partial charge in [0.05, 0.1) is 5.39 Å². The number of aromatic nitrogens is 2. The largest absolute Gasteiger partial charge is 0.217 e. The lowest BCUT2D eigenvalue weighted by molar-refractivity contribution is 0.628. The molecule has 3 aromatic rings. The molecule has 2 nitrogen and oxygen atoms in total. The van der Waals surface area contributed by atoms with Gasteiger partial charge in [0.25, 0.3) is 0 Å². The zero-order valence-corrected chi connectivity index (χ0v) is 12.9. The van der Waals surface area contributed by atoms with Gasteiger partial charge in [-0.2, -0.15) is 0 Å². The van der Waals surface area contributed by atoms with Gasteiger partial charge in [0.15, 0.2) is 5.82 Å². The van der Waals surface area contributed by atoms with Gasteiger partial charge < -0.3 is 0 Å². The van der Waals surface area contributed by atoms with E-state index in [4.69, 9.17) is 11.6 Å². The summed E-state index contributed by atoms with van der Waals surface area (Å²) in [6.07, 6.45) is 0. The summed E-state index contributed by atoms with van der Waals surface area (Å²) in [5.74, 6) is 0.171. The summed E-state index contributed by atoms with van der Waals surface area (Å²) in [6.45, 7) is 5.95. The first-order valence-corrected chi connectivity index (χ1v) is 7.36. The van der Waals surface area contributed by atoms with E-state index in [-0.39, 0.29) is 5.82 Å². The van der Waals surface area contributed by atoms with Crippen LogP contribution in [0.5, 0.6) is 0 Å². The molecular weight excluding hydrogens is 295 g/mol. The molecular formula is C15H12ClFN2S. The third-order valence-electron chi connectivity index (χ3n) is 3.43. The predicted octanol–water partition coefficient (Wildman–Crippen LogP) is 5.08. The fourth-order valence-corrected chi connectivity index (χ4v) is 3.55. The van der Waals surface area contributed by atoms with E-state index in [0.29, 0.717) is 16.5 Å². The van der Waals surface area contributed by atoms with Crippen LogP contribution in [0, 0.1) is 26.6 Å². The average Bonchev–Trinajstić information content (AvgIpc) is 2.68. The molecule has 0 amide bonds. The highest BCUT2D eigenvalue weighted by Crippen LogP contribution is 2.35. The first-order chi connectivity index (χ1) is 9.47. The maximum absolute atomic E-state index is 13.4. The molecule has 2 aromatic heterocycles. The average molecular weight is 307 g/mol. The molecule has 5 heteroatoms. The molecule has 0 radical (unpaired) electrons. The lowest BCUT2D eigenvalue weighted by atomic mass is 10.1. The highest BCUT2D eigenvalue weighted by molar-refractivity contribution is 7.18. The van der Waals surface area contributed by atoms with Crippen molar-refractivity contribution in [1.82, 2.24) is 9.97 Å². The number of hydrogen-bond donors (Lipinski definition) is 0. The minimum absolute atomic E-state index is 0.302. The molecule has 1 aromatic carbocycles. The quantitative estimate of drug-likeness (QED) is 0.586. The van der Waals surface area contributed by atoms with Crippen LogP contribution in [0.4, 0.5) is 4.39 Å². The van der Waals surface area contributed by atoms with E-state index >= 15 is 0 Å².